The molecule has 0 radical (unpaired) electrons. The van der Waals surface area contributed by atoms with Crippen LogP contribution in [0.15, 0.2) is 55.4 Å². The Morgan fingerprint density at radius 1 is 1.19 bits per heavy atom. The molecule has 1 fully saturated rings. The molecule has 0 N–H and O–H groups in total. The number of aromatic nitrogens is 4. The predicted molar refractivity (Wildman–Crippen MR) is 92.9 cm³/mol. The Balaban J connectivity index is 1.54. The highest BCUT2D eigenvalue weighted by atomic mass is 19.1. The van der Waals surface area contributed by atoms with Crippen LogP contribution in [-0.2, 0) is 11.2 Å². The molecule has 4 rings (SSSR count). The Labute approximate surface area is 150 Å². The maximum atomic E-state index is 13.0. The van der Waals surface area contributed by atoms with Gasteiger partial charge < -0.3 is 4.90 Å². The van der Waals surface area contributed by atoms with E-state index in [4.69, 9.17) is 0 Å². The average molecular weight is 351 g/mol. The molecule has 1 aliphatic heterocycles. The minimum Gasteiger partial charge on any atom is -0.334 e. The number of carbonyl (C=O) groups is 1. The molecule has 3 heterocycles. The van der Waals surface area contributed by atoms with E-state index in [-0.39, 0.29) is 24.2 Å². The first-order valence-electron chi connectivity index (χ1n) is 8.55. The fraction of sp³-hybridized carbons (Fsp3) is 0.263. The van der Waals surface area contributed by atoms with Crippen molar-refractivity contribution in [2.75, 3.05) is 6.54 Å². The molecule has 1 aromatic carbocycles. The molecule has 26 heavy (non-hydrogen) atoms. The number of carbonyl (C=O) groups excluding carboxylic acids is 1. The van der Waals surface area contributed by atoms with Crippen LogP contribution in [0.4, 0.5) is 4.39 Å². The molecule has 1 amide bonds. The summed E-state index contributed by atoms with van der Waals surface area (Å²) in [4.78, 5) is 27.6. The Morgan fingerprint density at radius 2 is 2.04 bits per heavy atom. The van der Waals surface area contributed by atoms with E-state index in [1.807, 2.05) is 4.90 Å². The fourth-order valence-corrected chi connectivity index (χ4v) is 3.30. The van der Waals surface area contributed by atoms with Gasteiger partial charge in [-0.2, -0.15) is 0 Å². The smallest absolute Gasteiger partial charge is 0.227 e. The summed E-state index contributed by atoms with van der Waals surface area (Å²) in [6.45, 7) is 0.696. The molecule has 6 nitrogen and oxygen atoms in total. The molecule has 2 aromatic heterocycles. The van der Waals surface area contributed by atoms with Crippen LogP contribution in [0.2, 0.25) is 0 Å². The Hall–Kier alpha value is -3.09. The Morgan fingerprint density at radius 3 is 2.81 bits per heavy atom. The first-order valence-corrected chi connectivity index (χ1v) is 8.55. The fourth-order valence-electron chi connectivity index (χ4n) is 3.30. The molecular weight excluding hydrogens is 333 g/mol. The van der Waals surface area contributed by atoms with Crippen molar-refractivity contribution in [1.29, 1.82) is 0 Å². The molecule has 3 aromatic rings. The van der Waals surface area contributed by atoms with Crippen LogP contribution in [0.1, 0.15) is 30.1 Å². The maximum absolute atomic E-state index is 13.0. The van der Waals surface area contributed by atoms with Gasteiger partial charge in [-0.3, -0.25) is 14.3 Å². The van der Waals surface area contributed by atoms with Crippen LogP contribution in [0, 0.1) is 5.82 Å². The summed E-state index contributed by atoms with van der Waals surface area (Å²) in [5.41, 5.74) is 1.58. The molecule has 1 aliphatic rings. The van der Waals surface area contributed by atoms with E-state index in [1.54, 1.807) is 47.8 Å². The van der Waals surface area contributed by atoms with Gasteiger partial charge in [0.05, 0.1) is 30.6 Å². The van der Waals surface area contributed by atoms with Crippen molar-refractivity contribution in [3.05, 3.63) is 72.5 Å². The van der Waals surface area contributed by atoms with Gasteiger partial charge in [0.25, 0.3) is 0 Å². The molecule has 0 bridgehead atoms. The molecule has 0 spiro atoms. The lowest BCUT2D eigenvalue weighted by molar-refractivity contribution is -0.131. The summed E-state index contributed by atoms with van der Waals surface area (Å²) in [5, 5.41) is 0. The highest BCUT2D eigenvalue weighted by molar-refractivity contribution is 5.79. The zero-order valence-electron chi connectivity index (χ0n) is 14.1. The van der Waals surface area contributed by atoms with E-state index in [9.17, 15) is 9.18 Å². The van der Waals surface area contributed by atoms with Gasteiger partial charge in [0.1, 0.15) is 12.1 Å². The first kappa shape index (κ1) is 16.4. The van der Waals surface area contributed by atoms with Gasteiger partial charge >= 0.3 is 0 Å². The molecular formula is C19H18FN5O. The van der Waals surface area contributed by atoms with E-state index in [0.29, 0.717) is 12.4 Å². The minimum absolute atomic E-state index is 0.0222. The second-order valence-electron chi connectivity index (χ2n) is 6.32. The number of hydrogen-bond acceptors (Lipinski definition) is 4. The van der Waals surface area contributed by atoms with E-state index in [0.717, 1.165) is 24.1 Å². The van der Waals surface area contributed by atoms with Crippen molar-refractivity contribution in [2.45, 2.75) is 25.3 Å². The largest absolute Gasteiger partial charge is 0.334 e. The van der Waals surface area contributed by atoms with Crippen LogP contribution in [0.5, 0.6) is 0 Å². The van der Waals surface area contributed by atoms with Gasteiger partial charge in [-0.15, -0.1) is 0 Å². The lowest BCUT2D eigenvalue weighted by Gasteiger charge is -2.24. The number of hydrogen-bond donors (Lipinski definition) is 0. The number of benzene rings is 1. The monoisotopic (exact) mass is 351 g/mol. The Bertz CT molecular complexity index is 895. The lowest BCUT2D eigenvalue weighted by Crippen LogP contribution is -2.32. The summed E-state index contributed by atoms with van der Waals surface area (Å²) in [7, 11) is 0. The first-order chi connectivity index (χ1) is 12.7. The number of halogens is 1. The third-order valence-electron chi connectivity index (χ3n) is 4.59. The van der Waals surface area contributed by atoms with E-state index in [1.165, 1.54) is 12.1 Å². The number of imidazole rings is 1. The summed E-state index contributed by atoms with van der Waals surface area (Å²) in [6.07, 6.45) is 10.6. The standard InChI is InChI=1S/C19H18FN5O/c20-15-5-3-14(4-6-15)10-19(26)25-8-1-2-17(25)16-11-22-12-18(23-16)24-9-7-21-13-24/h3-7,9,11-13,17H,1-2,8,10H2/t17-/m0/s1. The van der Waals surface area contributed by atoms with Crippen LogP contribution in [-0.4, -0.2) is 36.9 Å². The zero-order chi connectivity index (χ0) is 17.9. The van der Waals surface area contributed by atoms with Crippen LogP contribution in [0.3, 0.4) is 0 Å². The molecule has 0 unspecified atom stereocenters. The molecule has 1 saturated heterocycles. The van der Waals surface area contributed by atoms with Crippen molar-refractivity contribution in [2.24, 2.45) is 0 Å². The van der Waals surface area contributed by atoms with Crippen LogP contribution >= 0.6 is 0 Å². The third-order valence-corrected chi connectivity index (χ3v) is 4.59. The second kappa shape index (κ2) is 7.03. The zero-order valence-corrected chi connectivity index (χ0v) is 14.1. The van der Waals surface area contributed by atoms with Gasteiger partial charge in [0.2, 0.25) is 5.91 Å². The quantitative estimate of drug-likeness (QED) is 0.725. The topological polar surface area (TPSA) is 63.9 Å². The van der Waals surface area contributed by atoms with Crippen molar-refractivity contribution in [1.82, 2.24) is 24.4 Å². The number of rotatable bonds is 4. The van der Waals surface area contributed by atoms with Crippen LogP contribution < -0.4 is 0 Å². The molecule has 0 saturated carbocycles. The number of likely N-dealkylation sites (tertiary alicyclic amines) is 1. The van der Waals surface area contributed by atoms with Crippen molar-refractivity contribution in [3.63, 3.8) is 0 Å². The van der Waals surface area contributed by atoms with Gasteiger partial charge in [0.15, 0.2) is 5.82 Å². The Kier molecular flexibility index (Phi) is 4.43. The third kappa shape index (κ3) is 3.33. The highest BCUT2D eigenvalue weighted by Gasteiger charge is 2.31. The van der Waals surface area contributed by atoms with Crippen LogP contribution in [0.25, 0.3) is 5.82 Å². The van der Waals surface area contributed by atoms with Crippen molar-refractivity contribution >= 4 is 5.91 Å². The predicted octanol–water partition coefficient (Wildman–Crippen LogP) is 2.71. The van der Waals surface area contributed by atoms with Gasteiger partial charge in [-0.1, -0.05) is 12.1 Å². The average Bonchev–Trinajstić information content (AvgIpc) is 3.36. The van der Waals surface area contributed by atoms with Crippen molar-refractivity contribution in [3.8, 4) is 5.82 Å². The molecule has 132 valence electrons. The highest BCUT2D eigenvalue weighted by Crippen LogP contribution is 2.31. The minimum atomic E-state index is -0.299. The molecule has 7 heteroatoms. The number of amides is 1. The SMILES string of the molecule is O=C(Cc1ccc(F)cc1)N1CCC[C@H]1c1cncc(-n2ccnc2)n1. The number of nitrogens with zero attached hydrogens (tertiary/aromatic N) is 5. The van der Waals surface area contributed by atoms with E-state index < -0.39 is 0 Å². The van der Waals surface area contributed by atoms with Gasteiger partial charge in [-0.05, 0) is 30.5 Å². The summed E-state index contributed by atoms with van der Waals surface area (Å²) < 4.78 is 14.8. The van der Waals surface area contributed by atoms with E-state index >= 15 is 0 Å². The molecule has 0 aliphatic carbocycles. The summed E-state index contributed by atoms with van der Waals surface area (Å²) in [5.74, 6) is 0.401. The maximum Gasteiger partial charge on any atom is 0.227 e. The summed E-state index contributed by atoms with van der Waals surface area (Å²) in [6, 6.07) is 5.98. The lowest BCUT2D eigenvalue weighted by atomic mass is 10.1. The summed E-state index contributed by atoms with van der Waals surface area (Å²) >= 11 is 0. The van der Waals surface area contributed by atoms with Crippen molar-refractivity contribution < 1.29 is 9.18 Å². The van der Waals surface area contributed by atoms with Gasteiger partial charge in [0, 0.05) is 18.9 Å². The molecule has 1 atom stereocenters. The van der Waals surface area contributed by atoms with Gasteiger partial charge in [-0.25, -0.2) is 14.4 Å². The normalized spacial score (nSPS) is 16.8. The van der Waals surface area contributed by atoms with E-state index in [2.05, 4.69) is 15.0 Å². The second-order valence-corrected chi connectivity index (χ2v) is 6.32.